The highest BCUT2D eigenvalue weighted by Crippen LogP contribution is 2.35. The van der Waals surface area contributed by atoms with Crippen LogP contribution in [0.15, 0.2) is 64.7 Å². The molecule has 154 valence electrons. The molecule has 3 heterocycles. The molecule has 2 aromatic carbocycles. The average Bonchev–Trinajstić information content (AvgIpc) is 3.07. The molecule has 31 heavy (non-hydrogen) atoms. The summed E-state index contributed by atoms with van der Waals surface area (Å²) in [5.74, 6) is 0.655. The van der Waals surface area contributed by atoms with Crippen molar-refractivity contribution in [3.8, 4) is 5.69 Å². The fourth-order valence-electron chi connectivity index (χ4n) is 3.52. The third-order valence-electron chi connectivity index (χ3n) is 5.20. The summed E-state index contributed by atoms with van der Waals surface area (Å²) >= 11 is 3.17. The van der Waals surface area contributed by atoms with E-state index in [1.807, 2.05) is 18.2 Å². The number of halogens is 1. The van der Waals surface area contributed by atoms with Crippen LogP contribution in [0.4, 0.5) is 4.39 Å². The van der Waals surface area contributed by atoms with E-state index in [1.54, 1.807) is 40.4 Å². The van der Waals surface area contributed by atoms with Crippen LogP contribution in [-0.4, -0.2) is 19.5 Å². The van der Waals surface area contributed by atoms with E-state index < -0.39 is 0 Å². The standard InChI is InChI=1S/C23H17FN4OS2/c1-13-14(2)31-22-20(13)21(25-12-26-22)30-11-19-27-18-6-4-3-5-17(18)23(29)28(19)16-9-7-15(24)8-10-16/h3-10,12H,11H2,1-2H3. The zero-order valence-electron chi connectivity index (χ0n) is 16.8. The Bertz CT molecular complexity index is 1490. The van der Waals surface area contributed by atoms with Crippen molar-refractivity contribution in [3.63, 3.8) is 0 Å². The van der Waals surface area contributed by atoms with Crippen molar-refractivity contribution in [2.45, 2.75) is 24.6 Å². The van der Waals surface area contributed by atoms with E-state index in [-0.39, 0.29) is 11.4 Å². The predicted octanol–water partition coefficient (Wildman–Crippen LogP) is 5.44. The van der Waals surface area contributed by atoms with Crippen molar-refractivity contribution in [2.24, 2.45) is 0 Å². The molecule has 8 heteroatoms. The van der Waals surface area contributed by atoms with Gasteiger partial charge in [-0.25, -0.2) is 19.3 Å². The molecule has 0 aliphatic carbocycles. The van der Waals surface area contributed by atoms with E-state index in [9.17, 15) is 9.18 Å². The van der Waals surface area contributed by atoms with Crippen LogP contribution in [0.1, 0.15) is 16.3 Å². The van der Waals surface area contributed by atoms with Crippen LogP contribution in [0.2, 0.25) is 0 Å². The van der Waals surface area contributed by atoms with Gasteiger partial charge in [-0.3, -0.25) is 9.36 Å². The molecule has 0 atom stereocenters. The minimum atomic E-state index is -0.354. The lowest BCUT2D eigenvalue weighted by Gasteiger charge is -2.13. The van der Waals surface area contributed by atoms with Gasteiger partial charge in [-0.2, -0.15) is 0 Å². The van der Waals surface area contributed by atoms with Crippen LogP contribution in [-0.2, 0) is 5.75 Å². The Labute approximate surface area is 185 Å². The van der Waals surface area contributed by atoms with Gasteiger partial charge in [-0.1, -0.05) is 23.9 Å². The summed E-state index contributed by atoms with van der Waals surface area (Å²) in [7, 11) is 0. The Morgan fingerprint density at radius 1 is 1.06 bits per heavy atom. The number of rotatable bonds is 4. The number of hydrogen-bond acceptors (Lipinski definition) is 6. The lowest BCUT2D eigenvalue weighted by molar-refractivity contribution is 0.627. The maximum absolute atomic E-state index is 13.5. The van der Waals surface area contributed by atoms with Crippen LogP contribution in [0.3, 0.4) is 0 Å². The summed E-state index contributed by atoms with van der Waals surface area (Å²) < 4.78 is 15.0. The largest absolute Gasteiger partial charge is 0.268 e. The first-order chi connectivity index (χ1) is 15.0. The summed E-state index contributed by atoms with van der Waals surface area (Å²) in [4.78, 5) is 29.1. The van der Waals surface area contributed by atoms with Crippen LogP contribution >= 0.6 is 23.1 Å². The molecule has 5 aromatic rings. The molecule has 0 unspecified atom stereocenters. The molecular weight excluding hydrogens is 431 g/mol. The number of thiophene rings is 1. The van der Waals surface area contributed by atoms with Gasteiger partial charge in [-0.05, 0) is 55.8 Å². The highest BCUT2D eigenvalue weighted by molar-refractivity contribution is 7.98. The van der Waals surface area contributed by atoms with Crippen LogP contribution in [0.25, 0.3) is 26.8 Å². The number of hydrogen-bond donors (Lipinski definition) is 0. The first-order valence-corrected chi connectivity index (χ1v) is 11.4. The first kappa shape index (κ1) is 19.8. The minimum Gasteiger partial charge on any atom is -0.268 e. The Balaban J connectivity index is 1.64. The Morgan fingerprint density at radius 3 is 2.65 bits per heavy atom. The fraction of sp³-hybridized carbons (Fsp3) is 0.130. The molecule has 0 N–H and O–H groups in total. The van der Waals surface area contributed by atoms with Crippen molar-refractivity contribution in [3.05, 3.63) is 87.3 Å². The Hall–Kier alpha value is -3.10. The average molecular weight is 449 g/mol. The molecule has 5 nitrogen and oxygen atoms in total. The van der Waals surface area contributed by atoms with E-state index in [0.29, 0.717) is 28.2 Å². The van der Waals surface area contributed by atoms with Crippen LogP contribution in [0.5, 0.6) is 0 Å². The molecule has 0 amide bonds. The maximum Gasteiger partial charge on any atom is 0.265 e. The van der Waals surface area contributed by atoms with Crippen molar-refractivity contribution < 1.29 is 4.39 Å². The Kier molecular flexibility index (Phi) is 5.03. The summed E-state index contributed by atoms with van der Waals surface area (Å²) in [5, 5.41) is 2.43. The fourth-order valence-corrected chi connectivity index (χ4v) is 5.56. The summed E-state index contributed by atoms with van der Waals surface area (Å²) in [5.41, 5.74) is 2.21. The number of aromatic nitrogens is 4. The maximum atomic E-state index is 13.5. The van der Waals surface area contributed by atoms with E-state index in [2.05, 4.69) is 23.8 Å². The number of nitrogens with zero attached hydrogens (tertiary/aromatic N) is 4. The van der Waals surface area contributed by atoms with Gasteiger partial charge in [-0.15, -0.1) is 11.3 Å². The third-order valence-corrected chi connectivity index (χ3v) is 7.30. The summed E-state index contributed by atoms with van der Waals surface area (Å²) in [6, 6.07) is 13.1. The highest BCUT2D eigenvalue weighted by Gasteiger charge is 2.16. The third kappa shape index (κ3) is 3.51. The SMILES string of the molecule is Cc1sc2ncnc(SCc3nc4ccccc4c(=O)n3-c3ccc(F)cc3)c2c1C. The van der Waals surface area contributed by atoms with E-state index >= 15 is 0 Å². The molecule has 5 rings (SSSR count). The lowest BCUT2D eigenvalue weighted by Crippen LogP contribution is -2.23. The molecule has 0 radical (unpaired) electrons. The number of fused-ring (bicyclic) bond motifs is 2. The summed E-state index contributed by atoms with van der Waals surface area (Å²) in [6.07, 6.45) is 1.57. The molecule has 0 aliphatic rings. The quantitative estimate of drug-likeness (QED) is 0.271. The smallest absolute Gasteiger partial charge is 0.265 e. The second kappa shape index (κ2) is 7.86. The second-order valence-electron chi connectivity index (χ2n) is 7.09. The van der Waals surface area contributed by atoms with Crippen molar-refractivity contribution >= 4 is 44.2 Å². The molecule has 0 aliphatic heterocycles. The van der Waals surface area contributed by atoms with E-state index in [0.717, 1.165) is 15.2 Å². The van der Waals surface area contributed by atoms with Gasteiger partial charge < -0.3 is 0 Å². The van der Waals surface area contributed by atoms with Crippen molar-refractivity contribution in [1.82, 2.24) is 19.5 Å². The number of benzene rings is 2. The van der Waals surface area contributed by atoms with Gasteiger partial charge in [0.2, 0.25) is 0 Å². The zero-order chi connectivity index (χ0) is 21.5. The predicted molar refractivity (Wildman–Crippen MR) is 124 cm³/mol. The molecular formula is C23H17FN4OS2. The molecule has 0 fully saturated rings. The second-order valence-corrected chi connectivity index (χ2v) is 9.26. The van der Waals surface area contributed by atoms with Gasteiger partial charge in [0.05, 0.1) is 22.3 Å². The monoisotopic (exact) mass is 448 g/mol. The Morgan fingerprint density at radius 2 is 1.84 bits per heavy atom. The van der Waals surface area contributed by atoms with Crippen LogP contribution in [0, 0.1) is 19.7 Å². The topological polar surface area (TPSA) is 60.7 Å². The zero-order valence-corrected chi connectivity index (χ0v) is 18.4. The van der Waals surface area contributed by atoms with Gasteiger partial charge in [0, 0.05) is 10.3 Å². The molecule has 0 bridgehead atoms. The van der Waals surface area contributed by atoms with E-state index in [4.69, 9.17) is 4.98 Å². The summed E-state index contributed by atoms with van der Waals surface area (Å²) in [6.45, 7) is 4.15. The normalized spacial score (nSPS) is 11.5. The van der Waals surface area contributed by atoms with Crippen LogP contribution < -0.4 is 5.56 Å². The van der Waals surface area contributed by atoms with Gasteiger partial charge in [0.25, 0.3) is 5.56 Å². The van der Waals surface area contributed by atoms with Gasteiger partial charge >= 0.3 is 0 Å². The molecule has 0 saturated heterocycles. The molecule has 0 saturated carbocycles. The number of aryl methyl sites for hydroxylation is 2. The number of thioether (sulfide) groups is 1. The number of para-hydroxylation sites is 1. The highest BCUT2D eigenvalue weighted by atomic mass is 32.2. The van der Waals surface area contributed by atoms with Crippen molar-refractivity contribution in [2.75, 3.05) is 0 Å². The lowest BCUT2D eigenvalue weighted by atomic mass is 10.2. The van der Waals surface area contributed by atoms with E-state index in [1.165, 1.54) is 34.3 Å². The molecule has 0 spiro atoms. The minimum absolute atomic E-state index is 0.178. The van der Waals surface area contributed by atoms with Gasteiger partial charge in [0.15, 0.2) is 0 Å². The van der Waals surface area contributed by atoms with Gasteiger partial charge in [0.1, 0.15) is 27.8 Å². The molecule has 3 aromatic heterocycles. The first-order valence-electron chi connectivity index (χ1n) is 9.63. The van der Waals surface area contributed by atoms with Crippen molar-refractivity contribution in [1.29, 1.82) is 0 Å².